The molecule has 0 fully saturated rings. The van der Waals surface area contributed by atoms with Crippen LogP contribution in [0.2, 0.25) is 0 Å². The molecule has 0 saturated carbocycles. The molecular formula is C11H19N5S2. The summed E-state index contributed by atoms with van der Waals surface area (Å²) in [4.78, 5) is 7.58. The first kappa shape index (κ1) is 14.8. The zero-order valence-corrected chi connectivity index (χ0v) is 12.6. The average molecular weight is 285 g/mol. The minimum Gasteiger partial charge on any atom is -0.362 e. The summed E-state index contributed by atoms with van der Waals surface area (Å²) in [5, 5.41) is 8.57. The standard InChI is InChI=1S/C11H19N5S2/c1-4-12-10(17)15-14-8-9-7-13-11(18-9)16(5-2)6-3/h7-8H,4-6H2,1-3H3,(H2,12,15,17)/b14-8-. The maximum atomic E-state index is 5.00. The van der Waals surface area contributed by atoms with Crippen LogP contribution < -0.4 is 15.6 Å². The molecule has 5 nitrogen and oxygen atoms in total. The number of rotatable bonds is 6. The first-order valence-corrected chi connectivity index (χ1v) is 7.21. The second-order valence-electron chi connectivity index (χ2n) is 3.45. The topological polar surface area (TPSA) is 52.6 Å². The highest BCUT2D eigenvalue weighted by molar-refractivity contribution is 7.80. The SMILES string of the molecule is CCNC(=S)N/N=C\c1cnc(N(CC)CC)s1. The number of anilines is 1. The molecule has 100 valence electrons. The number of hydrogen-bond donors (Lipinski definition) is 2. The van der Waals surface area contributed by atoms with Gasteiger partial charge in [-0.3, -0.25) is 5.43 Å². The van der Waals surface area contributed by atoms with Crippen molar-refractivity contribution in [1.29, 1.82) is 0 Å². The molecule has 0 aliphatic heterocycles. The van der Waals surface area contributed by atoms with E-state index in [9.17, 15) is 0 Å². The van der Waals surface area contributed by atoms with Crippen molar-refractivity contribution >= 4 is 40.0 Å². The summed E-state index contributed by atoms with van der Waals surface area (Å²) in [5.74, 6) is 0. The number of thiazole rings is 1. The first-order chi connectivity index (χ1) is 8.71. The van der Waals surface area contributed by atoms with Crippen LogP contribution in [0.3, 0.4) is 0 Å². The second kappa shape index (κ2) is 7.99. The summed E-state index contributed by atoms with van der Waals surface area (Å²) < 4.78 is 0. The van der Waals surface area contributed by atoms with Crippen molar-refractivity contribution in [1.82, 2.24) is 15.7 Å². The molecule has 0 aliphatic carbocycles. The lowest BCUT2D eigenvalue weighted by molar-refractivity contribution is 0.860. The minimum absolute atomic E-state index is 0.530. The van der Waals surface area contributed by atoms with Crippen LogP contribution in [-0.2, 0) is 0 Å². The van der Waals surface area contributed by atoms with E-state index in [1.54, 1.807) is 17.6 Å². The Hall–Kier alpha value is -1.21. The molecule has 0 amide bonds. The van der Waals surface area contributed by atoms with Crippen LogP contribution in [0.1, 0.15) is 25.6 Å². The minimum atomic E-state index is 0.530. The summed E-state index contributed by atoms with van der Waals surface area (Å²) >= 11 is 6.61. The van der Waals surface area contributed by atoms with E-state index in [4.69, 9.17) is 12.2 Å². The molecule has 0 saturated heterocycles. The van der Waals surface area contributed by atoms with E-state index < -0.39 is 0 Å². The van der Waals surface area contributed by atoms with Crippen molar-refractivity contribution in [2.75, 3.05) is 24.5 Å². The van der Waals surface area contributed by atoms with Gasteiger partial charge in [-0.15, -0.1) is 0 Å². The van der Waals surface area contributed by atoms with Gasteiger partial charge in [0.25, 0.3) is 0 Å². The molecule has 1 aromatic heterocycles. The molecule has 0 unspecified atom stereocenters. The maximum Gasteiger partial charge on any atom is 0.186 e. The van der Waals surface area contributed by atoms with Gasteiger partial charge in [-0.2, -0.15) is 5.10 Å². The number of nitrogens with one attached hydrogen (secondary N) is 2. The van der Waals surface area contributed by atoms with E-state index in [0.717, 1.165) is 29.6 Å². The fourth-order valence-corrected chi connectivity index (χ4v) is 2.44. The van der Waals surface area contributed by atoms with E-state index >= 15 is 0 Å². The third kappa shape index (κ3) is 4.58. The number of hydrazone groups is 1. The normalized spacial score (nSPS) is 10.6. The zero-order valence-electron chi connectivity index (χ0n) is 10.9. The molecule has 7 heteroatoms. The van der Waals surface area contributed by atoms with E-state index in [1.807, 2.05) is 13.1 Å². The van der Waals surface area contributed by atoms with Crippen LogP contribution in [-0.4, -0.2) is 35.9 Å². The highest BCUT2D eigenvalue weighted by Crippen LogP contribution is 2.20. The first-order valence-electron chi connectivity index (χ1n) is 5.98. The van der Waals surface area contributed by atoms with Gasteiger partial charge in [-0.05, 0) is 33.0 Å². The molecular weight excluding hydrogens is 266 g/mol. The summed E-state index contributed by atoms with van der Waals surface area (Å²) in [5.41, 5.74) is 2.75. The Balaban J connectivity index is 2.53. The third-order valence-electron chi connectivity index (χ3n) is 2.24. The van der Waals surface area contributed by atoms with Crippen molar-refractivity contribution in [3.05, 3.63) is 11.1 Å². The van der Waals surface area contributed by atoms with Gasteiger partial charge in [0.05, 0.1) is 11.1 Å². The van der Waals surface area contributed by atoms with Gasteiger partial charge in [-0.25, -0.2) is 4.98 Å². The molecule has 0 radical (unpaired) electrons. The Kier molecular flexibility index (Phi) is 6.59. The summed E-state index contributed by atoms with van der Waals surface area (Å²) in [7, 11) is 0. The van der Waals surface area contributed by atoms with Gasteiger partial charge in [-0.1, -0.05) is 11.3 Å². The fraction of sp³-hybridized carbons (Fsp3) is 0.545. The maximum absolute atomic E-state index is 5.00. The monoisotopic (exact) mass is 285 g/mol. The zero-order chi connectivity index (χ0) is 13.4. The van der Waals surface area contributed by atoms with Gasteiger partial charge in [0.1, 0.15) is 0 Å². The molecule has 1 heterocycles. The van der Waals surface area contributed by atoms with Crippen molar-refractivity contribution in [2.45, 2.75) is 20.8 Å². The predicted molar refractivity (Wildman–Crippen MR) is 82.7 cm³/mol. The van der Waals surface area contributed by atoms with Crippen molar-refractivity contribution in [3.63, 3.8) is 0 Å². The Labute approximate surface area is 117 Å². The van der Waals surface area contributed by atoms with Crippen LogP contribution in [0.15, 0.2) is 11.3 Å². The summed E-state index contributed by atoms with van der Waals surface area (Å²) in [6.07, 6.45) is 3.55. The van der Waals surface area contributed by atoms with Gasteiger partial charge < -0.3 is 10.2 Å². The Morgan fingerprint density at radius 3 is 2.83 bits per heavy atom. The highest BCUT2D eigenvalue weighted by Gasteiger charge is 2.06. The van der Waals surface area contributed by atoms with E-state index in [0.29, 0.717) is 5.11 Å². The molecule has 0 bridgehead atoms. The van der Waals surface area contributed by atoms with Gasteiger partial charge >= 0.3 is 0 Å². The van der Waals surface area contributed by atoms with E-state index in [1.165, 1.54) is 0 Å². The van der Waals surface area contributed by atoms with Crippen LogP contribution >= 0.6 is 23.6 Å². The Morgan fingerprint density at radius 1 is 1.50 bits per heavy atom. The molecule has 0 aromatic carbocycles. The number of aromatic nitrogens is 1. The molecule has 1 aromatic rings. The van der Waals surface area contributed by atoms with Crippen molar-refractivity contribution in [3.8, 4) is 0 Å². The lowest BCUT2D eigenvalue weighted by Crippen LogP contribution is -2.31. The Bertz CT molecular complexity index is 398. The van der Waals surface area contributed by atoms with Crippen molar-refractivity contribution in [2.24, 2.45) is 5.10 Å². The van der Waals surface area contributed by atoms with Crippen LogP contribution in [0.4, 0.5) is 5.13 Å². The fourth-order valence-electron chi connectivity index (χ4n) is 1.33. The average Bonchev–Trinajstić information content (AvgIpc) is 2.80. The van der Waals surface area contributed by atoms with Crippen LogP contribution in [0.5, 0.6) is 0 Å². The summed E-state index contributed by atoms with van der Waals surface area (Å²) in [6, 6.07) is 0. The van der Waals surface area contributed by atoms with Gasteiger partial charge in [0.15, 0.2) is 10.2 Å². The van der Waals surface area contributed by atoms with Crippen molar-refractivity contribution < 1.29 is 0 Å². The largest absolute Gasteiger partial charge is 0.362 e. The second-order valence-corrected chi connectivity index (χ2v) is 4.90. The molecule has 18 heavy (non-hydrogen) atoms. The molecule has 2 N–H and O–H groups in total. The number of nitrogens with zero attached hydrogens (tertiary/aromatic N) is 3. The smallest absolute Gasteiger partial charge is 0.186 e. The molecule has 0 aliphatic rings. The summed E-state index contributed by atoms with van der Waals surface area (Å²) in [6.45, 7) is 8.93. The van der Waals surface area contributed by atoms with Crippen LogP contribution in [0, 0.1) is 0 Å². The third-order valence-corrected chi connectivity index (χ3v) is 3.47. The lowest BCUT2D eigenvalue weighted by atomic mass is 10.6. The predicted octanol–water partition coefficient (Wildman–Crippen LogP) is 1.81. The lowest BCUT2D eigenvalue weighted by Gasteiger charge is -2.16. The molecule has 0 atom stereocenters. The van der Waals surface area contributed by atoms with Gasteiger partial charge in [0, 0.05) is 25.8 Å². The highest BCUT2D eigenvalue weighted by atomic mass is 32.1. The number of hydrogen-bond acceptors (Lipinski definition) is 5. The van der Waals surface area contributed by atoms with E-state index in [-0.39, 0.29) is 0 Å². The number of thiocarbonyl (C=S) groups is 1. The molecule has 1 rings (SSSR count). The molecule has 0 spiro atoms. The van der Waals surface area contributed by atoms with Gasteiger partial charge in [0.2, 0.25) is 0 Å². The quantitative estimate of drug-likeness (QED) is 0.474. The Morgan fingerprint density at radius 2 is 2.22 bits per heavy atom. The van der Waals surface area contributed by atoms with E-state index in [2.05, 4.69) is 39.6 Å². The van der Waals surface area contributed by atoms with Crippen LogP contribution in [0.25, 0.3) is 0 Å².